The summed E-state index contributed by atoms with van der Waals surface area (Å²) in [4.78, 5) is 21.1. The Morgan fingerprint density at radius 2 is 1.71 bits per heavy atom. The molecule has 0 saturated carbocycles. The minimum absolute atomic E-state index is 0.0350. The molecular weight excluding hydrogens is 448 g/mol. The van der Waals surface area contributed by atoms with Gasteiger partial charge in [0.2, 0.25) is 0 Å². The fraction of sp³-hybridized carbons (Fsp3) is 0.280. The van der Waals surface area contributed by atoms with Crippen molar-refractivity contribution in [1.29, 1.82) is 0 Å². The molecule has 1 amide bonds. The molecule has 0 aliphatic carbocycles. The normalized spacial score (nSPS) is 15.1. The number of benzene rings is 2. The van der Waals surface area contributed by atoms with Gasteiger partial charge in [0, 0.05) is 32.7 Å². The average Bonchev–Trinajstić information content (AvgIpc) is 3.05. The second-order valence-electron chi connectivity index (χ2n) is 8.15. The van der Waals surface area contributed by atoms with Crippen LogP contribution < -0.4 is 10.2 Å². The number of nitrogens with zero attached hydrogens (tertiary/aromatic N) is 3. The maximum atomic E-state index is 13.8. The quantitative estimate of drug-likeness (QED) is 0.519. The summed E-state index contributed by atoms with van der Waals surface area (Å²) in [7, 11) is 0. The Morgan fingerprint density at radius 3 is 2.38 bits per heavy atom. The number of hydrogen-bond donors (Lipinski definition) is 1. The topological polar surface area (TPSA) is 48.5 Å². The molecule has 2 aromatic carbocycles. The van der Waals surface area contributed by atoms with E-state index in [1.54, 1.807) is 18.3 Å². The van der Waals surface area contributed by atoms with Crippen molar-refractivity contribution in [2.24, 2.45) is 0 Å². The van der Waals surface area contributed by atoms with E-state index in [9.17, 15) is 22.4 Å². The standard InChI is InChI=1S/C25H24F4N4O/c26-22-5-2-1-4-21(22)24(34)31-20-10-11-23(30-16-20)33-13-3-12-32(14-15-33)17-18-6-8-19(9-7-18)25(27,28)29/h1-2,4-11,16H,3,12-15,17H2,(H,31,34). The minimum atomic E-state index is -4.33. The predicted octanol–water partition coefficient (Wildman–Crippen LogP) is 5.20. The lowest BCUT2D eigenvalue weighted by atomic mass is 10.1. The van der Waals surface area contributed by atoms with E-state index in [4.69, 9.17) is 0 Å². The maximum absolute atomic E-state index is 13.8. The molecule has 0 spiro atoms. The van der Waals surface area contributed by atoms with Crippen LogP contribution in [0, 0.1) is 5.82 Å². The first-order valence-corrected chi connectivity index (χ1v) is 10.9. The molecule has 1 saturated heterocycles. The maximum Gasteiger partial charge on any atom is 0.416 e. The number of aromatic nitrogens is 1. The van der Waals surface area contributed by atoms with Gasteiger partial charge in [-0.25, -0.2) is 9.37 Å². The molecule has 5 nitrogen and oxygen atoms in total. The minimum Gasteiger partial charge on any atom is -0.355 e. The van der Waals surface area contributed by atoms with Gasteiger partial charge >= 0.3 is 6.18 Å². The van der Waals surface area contributed by atoms with Crippen LogP contribution >= 0.6 is 0 Å². The average molecular weight is 472 g/mol. The molecule has 2 heterocycles. The Kier molecular flexibility index (Phi) is 7.12. The zero-order valence-electron chi connectivity index (χ0n) is 18.4. The van der Waals surface area contributed by atoms with Gasteiger partial charge in [0.1, 0.15) is 11.6 Å². The largest absolute Gasteiger partial charge is 0.416 e. The second-order valence-corrected chi connectivity index (χ2v) is 8.15. The Hall–Kier alpha value is -3.46. The number of hydrogen-bond acceptors (Lipinski definition) is 4. The van der Waals surface area contributed by atoms with Crippen LogP contribution in [-0.4, -0.2) is 42.0 Å². The van der Waals surface area contributed by atoms with Crippen LogP contribution in [0.5, 0.6) is 0 Å². The van der Waals surface area contributed by atoms with Crippen molar-refractivity contribution in [3.63, 3.8) is 0 Å². The molecule has 0 unspecified atom stereocenters. The Morgan fingerprint density at radius 1 is 0.941 bits per heavy atom. The highest BCUT2D eigenvalue weighted by Crippen LogP contribution is 2.29. The van der Waals surface area contributed by atoms with Crippen LogP contribution in [0.3, 0.4) is 0 Å². The monoisotopic (exact) mass is 472 g/mol. The first-order chi connectivity index (χ1) is 16.3. The summed E-state index contributed by atoms with van der Waals surface area (Å²) in [5.74, 6) is -0.364. The molecule has 1 aliphatic rings. The van der Waals surface area contributed by atoms with Gasteiger partial charge in [-0.15, -0.1) is 0 Å². The summed E-state index contributed by atoms with van der Waals surface area (Å²) in [6.45, 7) is 3.66. The molecule has 9 heteroatoms. The molecule has 3 aromatic rings. The fourth-order valence-electron chi connectivity index (χ4n) is 3.91. The van der Waals surface area contributed by atoms with Gasteiger partial charge in [-0.3, -0.25) is 9.69 Å². The van der Waals surface area contributed by atoms with Crippen molar-refractivity contribution in [3.8, 4) is 0 Å². The van der Waals surface area contributed by atoms with Crippen molar-refractivity contribution in [2.45, 2.75) is 19.1 Å². The summed E-state index contributed by atoms with van der Waals surface area (Å²) in [6.07, 6.45) is -1.91. The van der Waals surface area contributed by atoms with Gasteiger partial charge in [0.25, 0.3) is 5.91 Å². The molecule has 0 atom stereocenters. The number of rotatable bonds is 5. The molecule has 1 fully saturated rings. The number of carbonyl (C=O) groups excluding carboxylic acids is 1. The number of halogens is 4. The van der Waals surface area contributed by atoms with E-state index >= 15 is 0 Å². The number of pyridine rings is 1. The highest BCUT2D eigenvalue weighted by molar-refractivity contribution is 6.04. The van der Waals surface area contributed by atoms with E-state index in [1.165, 1.54) is 30.3 Å². The molecule has 1 aromatic heterocycles. The van der Waals surface area contributed by atoms with Crippen LogP contribution in [-0.2, 0) is 12.7 Å². The van der Waals surface area contributed by atoms with Crippen LogP contribution in [0.15, 0.2) is 66.9 Å². The third-order valence-corrected chi connectivity index (χ3v) is 5.72. The van der Waals surface area contributed by atoms with Gasteiger partial charge in [0.05, 0.1) is 23.0 Å². The lowest BCUT2D eigenvalue weighted by molar-refractivity contribution is -0.137. The number of carbonyl (C=O) groups is 1. The van der Waals surface area contributed by atoms with Gasteiger partial charge < -0.3 is 10.2 Å². The van der Waals surface area contributed by atoms with E-state index in [1.807, 2.05) is 6.07 Å². The van der Waals surface area contributed by atoms with E-state index in [2.05, 4.69) is 20.1 Å². The number of nitrogens with one attached hydrogen (secondary N) is 1. The fourth-order valence-corrected chi connectivity index (χ4v) is 3.91. The molecule has 178 valence electrons. The number of anilines is 2. The lowest BCUT2D eigenvalue weighted by Gasteiger charge is -2.23. The van der Waals surface area contributed by atoms with Gasteiger partial charge in [0.15, 0.2) is 0 Å². The van der Waals surface area contributed by atoms with E-state index < -0.39 is 23.5 Å². The highest BCUT2D eigenvalue weighted by Gasteiger charge is 2.30. The second kappa shape index (κ2) is 10.2. The highest BCUT2D eigenvalue weighted by atomic mass is 19.4. The Bertz CT molecular complexity index is 1120. The molecule has 0 bridgehead atoms. The third kappa shape index (κ3) is 5.91. The number of amides is 1. The summed E-state index contributed by atoms with van der Waals surface area (Å²) in [5.41, 5.74) is 0.635. The summed E-state index contributed by atoms with van der Waals surface area (Å²) in [6, 6.07) is 14.6. The SMILES string of the molecule is O=C(Nc1ccc(N2CCCN(Cc3ccc(C(F)(F)F)cc3)CC2)nc1)c1ccccc1F. The smallest absolute Gasteiger partial charge is 0.355 e. The number of alkyl halides is 3. The van der Waals surface area contributed by atoms with Crippen molar-refractivity contribution in [2.75, 3.05) is 36.4 Å². The summed E-state index contributed by atoms with van der Waals surface area (Å²) in [5, 5.41) is 2.65. The Balaban J connectivity index is 1.32. The lowest BCUT2D eigenvalue weighted by Crippen LogP contribution is -2.31. The van der Waals surface area contributed by atoms with E-state index in [0.29, 0.717) is 18.8 Å². The predicted molar refractivity (Wildman–Crippen MR) is 122 cm³/mol. The van der Waals surface area contributed by atoms with Crippen LogP contribution in [0.25, 0.3) is 0 Å². The van der Waals surface area contributed by atoms with Crippen molar-refractivity contribution < 1.29 is 22.4 Å². The molecule has 1 N–H and O–H groups in total. The first-order valence-electron chi connectivity index (χ1n) is 10.9. The molecular formula is C25H24F4N4O. The molecule has 4 rings (SSSR count). The first kappa shape index (κ1) is 23.7. The van der Waals surface area contributed by atoms with Crippen molar-refractivity contribution in [1.82, 2.24) is 9.88 Å². The van der Waals surface area contributed by atoms with Crippen LogP contribution in [0.2, 0.25) is 0 Å². The van der Waals surface area contributed by atoms with Crippen molar-refractivity contribution >= 4 is 17.4 Å². The zero-order valence-corrected chi connectivity index (χ0v) is 18.4. The summed E-state index contributed by atoms with van der Waals surface area (Å²) < 4.78 is 52.1. The van der Waals surface area contributed by atoms with Crippen LogP contribution in [0.4, 0.5) is 29.1 Å². The zero-order chi connectivity index (χ0) is 24.1. The third-order valence-electron chi connectivity index (χ3n) is 5.72. The molecule has 1 aliphatic heterocycles. The summed E-state index contributed by atoms with van der Waals surface area (Å²) >= 11 is 0. The molecule has 34 heavy (non-hydrogen) atoms. The van der Waals surface area contributed by atoms with Crippen molar-refractivity contribution in [3.05, 3.63) is 89.4 Å². The molecule has 0 radical (unpaired) electrons. The van der Waals surface area contributed by atoms with E-state index in [-0.39, 0.29) is 5.56 Å². The van der Waals surface area contributed by atoms with Gasteiger partial charge in [-0.1, -0.05) is 24.3 Å². The van der Waals surface area contributed by atoms with E-state index in [0.717, 1.165) is 49.6 Å². The Labute approximate surface area is 195 Å². The van der Waals surface area contributed by atoms with Crippen LogP contribution in [0.1, 0.15) is 27.9 Å². The van der Waals surface area contributed by atoms with Gasteiger partial charge in [-0.05, 0) is 48.4 Å². The van der Waals surface area contributed by atoms with Gasteiger partial charge in [-0.2, -0.15) is 13.2 Å².